The van der Waals surface area contributed by atoms with Crippen molar-refractivity contribution in [2.75, 3.05) is 5.73 Å². The standard InChI is InChI=1S/C22H24N6/c1-2-15-7-13-9-20(13)28(15)11-14-10-17-21(25-14)16-4-3-12(18-5-6-24-27-18)8-19(16)26-22(17)23/h3-6,8,10,13,15,20,25H,2,7,9,11H2,1H3,(H2,23,26)(H,24,27)/t13?,15-,20-/m1/s1. The minimum absolute atomic E-state index is 0.588. The third-order valence-corrected chi connectivity index (χ3v) is 6.65. The number of nitrogens with two attached hydrogens (primary N) is 1. The maximum absolute atomic E-state index is 6.34. The lowest BCUT2D eigenvalue weighted by Gasteiger charge is -2.25. The zero-order valence-electron chi connectivity index (χ0n) is 15.9. The van der Waals surface area contributed by atoms with E-state index in [2.05, 4.69) is 56.3 Å². The van der Waals surface area contributed by atoms with Crippen LogP contribution >= 0.6 is 0 Å². The summed E-state index contributed by atoms with van der Waals surface area (Å²) in [6.45, 7) is 3.28. The normalized spacial score (nSPS) is 24.2. The minimum Gasteiger partial charge on any atom is -0.383 e. The molecule has 2 fully saturated rings. The van der Waals surface area contributed by atoms with Crippen LogP contribution in [0.25, 0.3) is 33.1 Å². The summed E-state index contributed by atoms with van der Waals surface area (Å²) >= 11 is 0. The molecule has 3 aromatic heterocycles. The fourth-order valence-electron chi connectivity index (χ4n) is 5.11. The maximum Gasteiger partial charge on any atom is 0.133 e. The van der Waals surface area contributed by atoms with Gasteiger partial charge in [0.15, 0.2) is 0 Å². The number of nitrogen functional groups attached to an aromatic ring is 1. The quantitative estimate of drug-likeness (QED) is 0.504. The van der Waals surface area contributed by atoms with Crippen molar-refractivity contribution in [2.24, 2.45) is 5.92 Å². The Hall–Kier alpha value is -2.86. The number of nitrogens with one attached hydrogen (secondary N) is 2. The van der Waals surface area contributed by atoms with Crippen molar-refractivity contribution >= 4 is 27.6 Å². The van der Waals surface area contributed by atoms with Crippen LogP contribution in [-0.2, 0) is 6.54 Å². The molecule has 1 saturated carbocycles. The Balaban J connectivity index is 1.42. The molecule has 2 aliphatic rings. The Morgan fingerprint density at radius 3 is 2.93 bits per heavy atom. The summed E-state index contributed by atoms with van der Waals surface area (Å²) in [6.07, 6.45) is 5.73. The second-order valence-corrected chi connectivity index (χ2v) is 8.32. The molecule has 1 aliphatic carbocycles. The fraction of sp³-hybridized carbons (Fsp3) is 0.364. The average Bonchev–Trinajstić information content (AvgIpc) is 3.10. The lowest BCUT2D eigenvalue weighted by atomic mass is 10.1. The van der Waals surface area contributed by atoms with Gasteiger partial charge in [-0.1, -0.05) is 19.1 Å². The first kappa shape index (κ1) is 16.1. The Kier molecular flexibility index (Phi) is 3.35. The molecule has 6 nitrogen and oxygen atoms in total. The molecule has 1 aromatic carbocycles. The van der Waals surface area contributed by atoms with Crippen LogP contribution in [0.2, 0.25) is 0 Å². The van der Waals surface area contributed by atoms with Gasteiger partial charge >= 0.3 is 0 Å². The SMILES string of the molecule is CC[C@@H]1CC2C[C@H]2N1Cc1cc2c(N)nc3cc(-c4ccn[nH]4)ccc3c2[nH]1. The molecule has 3 atom stereocenters. The number of H-pyrrole nitrogens is 2. The van der Waals surface area contributed by atoms with Crippen LogP contribution in [0.1, 0.15) is 31.9 Å². The highest BCUT2D eigenvalue weighted by atomic mass is 15.3. The lowest BCUT2D eigenvalue weighted by molar-refractivity contribution is 0.202. The first-order chi connectivity index (χ1) is 13.7. The highest BCUT2D eigenvalue weighted by molar-refractivity contribution is 6.08. The predicted octanol–water partition coefficient (Wildman–Crippen LogP) is 4.06. The van der Waals surface area contributed by atoms with Crippen LogP contribution in [0.4, 0.5) is 5.82 Å². The molecule has 1 aliphatic heterocycles. The summed E-state index contributed by atoms with van der Waals surface area (Å²) in [5, 5.41) is 9.18. The summed E-state index contributed by atoms with van der Waals surface area (Å²) in [7, 11) is 0. The van der Waals surface area contributed by atoms with Gasteiger partial charge in [0, 0.05) is 46.9 Å². The number of aromatic amines is 2. The van der Waals surface area contributed by atoms with Crippen molar-refractivity contribution < 1.29 is 0 Å². The number of piperidine rings is 1. The van der Waals surface area contributed by atoms with E-state index in [1.165, 1.54) is 25.0 Å². The van der Waals surface area contributed by atoms with Crippen LogP contribution in [0.15, 0.2) is 36.5 Å². The van der Waals surface area contributed by atoms with E-state index in [0.29, 0.717) is 5.82 Å². The summed E-state index contributed by atoms with van der Waals surface area (Å²) in [5.74, 6) is 1.52. The Bertz CT molecular complexity index is 1170. The molecule has 1 saturated heterocycles. The van der Waals surface area contributed by atoms with E-state index in [1.54, 1.807) is 6.20 Å². The van der Waals surface area contributed by atoms with Gasteiger partial charge in [-0.25, -0.2) is 4.98 Å². The lowest BCUT2D eigenvalue weighted by Crippen LogP contribution is -2.31. The molecule has 4 N–H and O–H groups in total. The van der Waals surface area contributed by atoms with E-state index in [0.717, 1.165) is 57.6 Å². The van der Waals surface area contributed by atoms with Gasteiger partial charge in [-0.05, 0) is 43.4 Å². The van der Waals surface area contributed by atoms with E-state index < -0.39 is 0 Å². The first-order valence-electron chi connectivity index (χ1n) is 10.2. The molecule has 1 unspecified atom stereocenters. The molecular formula is C22H24N6. The number of benzene rings is 1. The number of pyridine rings is 1. The number of aromatic nitrogens is 4. The van der Waals surface area contributed by atoms with Gasteiger partial charge in [-0.3, -0.25) is 10.00 Å². The second kappa shape index (κ2) is 5.82. The smallest absolute Gasteiger partial charge is 0.133 e. The van der Waals surface area contributed by atoms with Gasteiger partial charge in [-0.2, -0.15) is 5.10 Å². The number of rotatable bonds is 4. The van der Waals surface area contributed by atoms with Crippen molar-refractivity contribution in [1.29, 1.82) is 0 Å². The largest absolute Gasteiger partial charge is 0.383 e. The molecule has 0 radical (unpaired) electrons. The molecule has 0 spiro atoms. The van der Waals surface area contributed by atoms with Crippen molar-refractivity contribution in [3.8, 4) is 11.3 Å². The van der Waals surface area contributed by atoms with Crippen molar-refractivity contribution in [3.63, 3.8) is 0 Å². The number of fused-ring (bicyclic) bond motifs is 4. The van der Waals surface area contributed by atoms with Gasteiger partial charge in [0.25, 0.3) is 0 Å². The van der Waals surface area contributed by atoms with E-state index in [9.17, 15) is 0 Å². The second-order valence-electron chi connectivity index (χ2n) is 8.32. The van der Waals surface area contributed by atoms with Crippen LogP contribution < -0.4 is 5.73 Å². The van der Waals surface area contributed by atoms with Crippen LogP contribution in [-0.4, -0.2) is 37.1 Å². The first-order valence-corrected chi connectivity index (χ1v) is 10.2. The summed E-state index contributed by atoms with van der Waals surface area (Å²) in [5.41, 5.74) is 11.6. The van der Waals surface area contributed by atoms with E-state index >= 15 is 0 Å². The molecule has 0 bridgehead atoms. The Morgan fingerprint density at radius 1 is 1.18 bits per heavy atom. The molecule has 0 amide bonds. The highest BCUT2D eigenvalue weighted by Gasteiger charge is 2.50. The zero-order valence-corrected chi connectivity index (χ0v) is 15.9. The van der Waals surface area contributed by atoms with Crippen LogP contribution in [0.3, 0.4) is 0 Å². The van der Waals surface area contributed by atoms with Crippen LogP contribution in [0.5, 0.6) is 0 Å². The number of anilines is 1. The molecule has 6 heteroatoms. The summed E-state index contributed by atoms with van der Waals surface area (Å²) in [6, 6.07) is 12.0. The topological polar surface area (TPSA) is 86.6 Å². The minimum atomic E-state index is 0.588. The molecular weight excluding hydrogens is 348 g/mol. The number of hydrogen-bond acceptors (Lipinski definition) is 4. The number of likely N-dealkylation sites (tertiary alicyclic amines) is 1. The molecule has 4 aromatic rings. The summed E-state index contributed by atoms with van der Waals surface area (Å²) in [4.78, 5) is 11.0. The van der Waals surface area contributed by atoms with Gasteiger partial charge in [0.1, 0.15) is 5.82 Å². The molecule has 142 valence electrons. The summed E-state index contributed by atoms with van der Waals surface area (Å²) < 4.78 is 0. The third kappa shape index (κ3) is 2.37. The average molecular weight is 372 g/mol. The van der Waals surface area contributed by atoms with E-state index in [1.807, 2.05) is 6.07 Å². The van der Waals surface area contributed by atoms with Crippen molar-refractivity contribution in [3.05, 3.63) is 42.2 Å². The van der Waals surface area contributed by atoms with Crippen molar-refractivity contribution in [1.82, 2.24) is 25.1 Å². The van der Waals surface area contributed by atoms with Gasteiger partial charge in [-0.15, -0.1) is 0 Å². The van der Waals surface area contributed by atoms with Crippen molar-refractivity contribution in [2.45, 2.75) is 44.8 Å². The van der Waals surface area contributed by atoms with Crippen LogP contribution in [0, 0.1) is 5.92 Å². The van der Waals surface area contributed by atoms with E-state index in [-0.39, 0.29) is 0 Å². The Morgan fingerprint density at radius 2 is 2.11 bits per heavy atom. The number of nitrogens with zero attached hydrogens (tertiary/aromatic N) is 3. The predicted molar refractivity (Wildman–Crippen MR) is 112 cm³/mol. The fourth-order valence-corrected chi connectivity index (χ4v) is 5.11. The number of hydrogen-bond donors (Lipinski definition) is 3. The molecule has 28 heavy (non-hydrogen) atoms. The highest BCUT2D eigenvalue weighted by Crippen LogP contribution is 2.49. The van der Waals surface area contributed by atoms with E-state index in [4.69, 9.17) is 5.73 Å². The maximum atomic E-state index is 6.34. The zero-order chi connectivity index (χ0) is 18.8. The molecule has 4 heterocycles. The van der Waals surface area contributed by atoms with Gasteiger partial charge in [0.2, 0.25) is 0 Å². The van der Waals surface area contributed by atoms with Gasteiger partial charge in [0.05, 0.1) is 16.7 Å². The third-order valence-electron chi connectivity index (χ3n) is 6.65. The van der Waals surface area contributed by atoms with Gasteiger partial charge < -0.3 is 10.7 Å². The molecule has 6 rings (SSSR count). The monoisotopic (exact) mass is 372 g/mol. The Labute approximate surface area is 163 Å².